The first kappa shape index (κ1) is 17.6. The average molecular weight is 281 g/mol. The maximum absolute atomic E-state index is 13.5. The van der Waals surface area contributed by atoms with E-state index in [1.165, 1.54) is 0 Å². The second-order valence-electron chi connectivity index (χ2n) is 5.76. The Kier molecular flexibility index (Phi) is 5.71. The minimum absolute atomic E-state index is 0.168. The SMILES string of the molecule is CC(C)C[C@H](NC(=O)OC(C)(C)C)C(F)(F)C(=O)O. The van der Waals surface area contributed by atoms with Crippen LogP contribution in [0.5, 0.6) is 0 Å². The maximum atomic E-state index is 13.5. The lowest BCUT2D eigenvalue weighted by Crippen LogP contribution is -2.53. The van der Waals surface area contributed by atoms with Gasteiger partial charge in [-0.15, -0.1) is 0 Å². The third-order valence-electron chi connectivity index (χ3n) is 2.12. The third kappa shape index (κ3) is 6.35. The molecule has 2 N–H and O–H groups in total. The molecule has 0 fully saturated rings. The van der Waals surface area contributed by atoms with Gasteiger partial charge in [-0.3, -0.25) is 0 Å². The van der Waals surface area contributed by atoms with Crippen LogP contribution < -0.4 is 5.32 Å². The summed E-state index contributed by atoms with van der Waals surface area (Å²) in [7, 11) is 0. The molecule has 0 spiro atoms. The zero-order valence-corrected chi connectivity index (χ0v) is 11.8. The van der Waals surface area contributed by atoms with Crippen molar-refractivity contribution in [3.05, 3.63) is 0 Å². The van der Waals surface area contributed by atoms with Gasteiger partial charge in [-0.2, -0.15) is 8.78 Å². The summed E-state index contributed by atoms with van der Waals surface area (Å²) in [4.78, 5) is 22.0. The fourth-order valence-corrected chi connectivity index (χ4v) is 1.37. The zero-order valence-electron chi connectivity index (χ0n) is 11.8. The molecular weight excluding hydrogens is 260 g/mol. The van der Waals surface area contributed by atoms with Crippen LogP contribution in [0.25, 0.3) is 0 Å². The summed E-state index contributed by atoms with van der Waals surface area (Å²) in [6, 6.07) is -1.81. The summed E-state index contributed by atoms with van der Waals surface area (Å²) in [5.74, 6) is -6.51. The molecule has 0 saturated heterocycles. The second-order valence-corrected chi connectivity index (χ2v) is 5.76. The first-order valence-electron chi connectivity index (χ1n) is 5.97. The van der Waals surface area contributed by atoms with Gasteiger partial charge in [0.15, 0.2) is 0 Å². The molecular formula is C12H21F2NO4. The van der Waals surface area contributed by atoms with E-state index >= 15 is 0 Å². The quantitative estimate of drug-likeness (QED) is 0.812. The minimum Gasteiger partial charge on any atom is -0.477 e. The van der Waals surface area contributed by atoms with E-state index < -0.39 is 29.6 Å². The zero-order chi connectivity index (χ0) is 15.4. The van der Waals surface area contributed by atoms with Crippen LogP contribution >= 0.6 is 0 Å². The van der Waals surface area contributed by atoms with Crippen molar-refractivity contribution in [2.75, 3.05) is 0 Å². The predicted octanol–water partition coefficient (Wildman–Crippen LogP) is 2.65. The number of carboxylic acid groups (broad SMARTS) is 1. The van der Waals surface area contributed by atoms with Crippen LogP contribution in [0.4, 0.5) is 13.6 Å². The van der Waals surface area contributed by atoms with E-state index in [4.69, 9.17) is 9.84 Å². The van der Waals surface area contributed by atoms with Gasteiger partial charge in [-0.1, -0.05) is 13.8 Å². The van der Waals surface area contributed by atoms with Gasteiger partial charge in [0.1, 0.15) is 11.6 Å². The van der Waals surface area contributed by atoms with Crippen molar-refractivity contribution < 1.29 is 28.2 Å². The molecule has 0 radical (unpaired) electrons. The van der Waals surface area contributed by atoms with E-state index in [1.54, 1.807) is 34.6 Å². The molecule has 0 aromatic carbocycles. The Morgan fingerprint density at radius 1 is 1.26 bits per heavy atom. The number of carbonyl (C=O) groups excluding carboxylic acids is 1. The highest BCUT2D eigenvalue weighted by atomic mass is 19.3. The second kappa shape index (κ2) is 6.16. The summed E-state index contributed by atoms with van der Waals surface area (Å²) in [6.45, 7) is 8.06. The normalized spacial score (nSPS) is 14.1. The predicted molar refractivity (Wildman–Crippen MR) is 65.2 cm³/mol. The maximum Gasteiger partial charge on any atom is 0.408 e. The van der Waals surface area contributed by atoms with Gasteiger partial charge in [0, 0.05) is 0 Å². The number of hydrogen-bond acceptors (Lipinski definition) is 3. The van der Waals surface area contributed by atoms with Crippen molar-refractivity contribution >= 4 is 12.1 Å². The van der Waals surface area contributed by atoms with Crippen molar-refractivity contribution in [3.63, 3.8) is 0 Å². The number of halogens is 2. The van der Waals surface area contributed by atoms with Gasteiger partial charge in [0.25, 0.3) is 0 Å². The van der Waals surface area contributed by atoms with Gasteiger partial charge in [-0.25, -0.2) is 9.59 Å². The van der Waals surface area contributed by atoms with E-state index in [-0.39, 0.29) is 12.3 Å². The molecule has 0 aromatic heterocycles. The number of rotatable bonds is 5. The van der Waals surface area contributed by atoms with Gasteiger partial charge >= 0.3 is 18.0 Å². The topological polar surface area (TPSA) is 75.6 Å². The highest BCUT2D eigenvalue weighted by Crippen LogP contribution is 2.24. The first-order valence-corrected chi connectivity index (χ1v) is 5.97. The molecule has 112 valence electrons. The van der Waals surface area contributed by atoms with Crippen LogP contribution in [0, 0.1) is 5.92 Å². The molecule has 1 atom stereocenters. The van der Waals surface area contributed by atoms with Crippen molar-refractivity contribution in [1.82, 2.24) is 5.32 Å². The summed E-state index contributed by atoms with van der Waals surface area (Å²) in [6.07, 6.45) is -1.22. The van der Waals surface area contributed by atoms with Crippen LogP contribution in [0.15, 0.2) is 0 Å². The Morgan fingerprint density at radius 3 is 2.05 bits per heavy atom. The van der Waals surface area contributed by atoms with Crippen LogP contribution in [0.1, 0.15) is 41.0 Å². The molecule has 0 aromatic rings. The number of hydrogen-bond donors (Lipinski definition) is 2. The van der Waals surface area contributed by atoms with Crippen LogP contribution in [-0.2, 0) is 9.53 Å². The molecule has 5 nitrogen and oxygen atoms in total. The smallest absolute Gasteiger partial charge is 0.408 e. The molecule has 0 aliphatic heterocycles. The van der Waals surface area contributed by atoms with E-state index in [0.717, 1.165) is 0 Å². The van der Waals surface area contributed by atoms with E-state index in [2.05, 4.69) is 0 Å². The van der Waals surface area contributed by atoms with Crippen LogP contribution in [-0.4, -0.2) is 34.7 Å². The molecule has 19 heavy (non-hydrogen) atoms. The Balaban J connectivity index is 4.89. The van der Waals surface area contributed by atoms with E-state index in [0.29, 0.717) is 0 Å². The van der Waals surface area contributed by atoms with Crippen LogP contribution in [0.3, 0.4) is 0 Å². The van der Waals surface area contributed by atoms with Crippen molar-refractivity contribution in [3.8, 4) is 0 Å². The Hall–Kier alpha value is -1.40. The minimum atomic E-state index is -4.04. The molecule has 0 rings (SSSR count). The Morgan fingerprint density at radius 2 is 1.74 bits per heavy atom. The van der Waals surface area contributed by atoms with E-state index in [9.17, 15) is 18.4 Å². The largest absolute Gasteiger partial charge is 0.477 e. The van der Waals surface area contributed by atoms with Gasteiger partial charge < -0.3 is 15.2 Å². The number of alkyl halides is 2. The number of ether oxygens (including phenoxy) is 1. The van der Waals surface area contributed by atoms with Gasteiger partial charge in [0.05, 0.1) is 0 Å². The lowest BCUT2D eigenvalue weighted by atomic mass is 9.98. The number of carboxylic acids is 1. The molecule has 0 heterocycles. The monoisotopic (exact) mass is 281 g/mol. The lowest BCUT2D eigenvalue weighted by molar-refractivity contribution is -0.169. The van der Waals surface area contributed by atoms with Gasteiger partial charge in [0.2, 0.25) is 0 Å². The van der Waals surface area contributed by atoms with E-state index in [1.807, 2.05) is 5.32 Å². The number of aliphatic carboxylic acids is 1. The number of amides is 1. The third-order valence-corrected chi connectivity index (χ3v) is 2.12. The Bertz CT molecular complexity index is 337. The summed E-state index contributed by atoms with van der Waals surface area (Å²) < 4.78 is 31.8. The van der Waals surface area contributed by atoms with Crippen molar-refractivity contribution in [2.45, 2.75) is 58.6 Å². The molecule has 0 saturated carbocycles. The summed E-state index contributed by atoms with van der Waals surface area (Å²) in [5, 5.41) is 10.5. The molecule has 1 amide bonds. The van der Waals surface area contributed by atoms with Crippen molar-refractivity contribution in [1.29, 1.82) is 0 Å². The molecule has 0 aliphatic rings. The number of carbonyl (C=O) groups is 2. The van der Waals surface area contributed by atoms with Crippen LogP contribution in [0.2, 0.25) is 0 Å². The highest BCUT2D eigenvalue weighted by molar-refractivity contribution is 5.78. The fraction of sp³-hybridized carbons (Fsp3) is 0.833. The summed E-state index contributed by atoms with van der Waals surface area (Å²) >= 11 is 0. The number of nitrogens with one attached hydrogen (secondary N) is 1. The highest BCUT2D eigenvalue weighted by Gasteiger charge is 2.48. The Labute approximate surface area is 111 Å². The number of alkyl carbamates (subject to hydrolysis) is 1. The average Bonchev–Trinajstić information content (AvgIpc) is 2.12. The molecule has 0 unspecified atom stereocenters. The molecule has 7 heteroatoms. The van der Waals surface area contributed by atoms with Gasteiger partial charge in [-0.05, 0) is 33.1 Å². The fourth-order valence-electron chi connectivity index (χ4n) is 1.37. The van der Waals surface area contributed by atoms with Crippen molar-refractivity contribution in [2.24, 2.45) is 5.92 Å². The first-order chi connectivity index (χ1) is 8.36. The standard InChI is InChI=1S/C12H21F2NO4/c1-7(2)6-8(12(13,14)9(16)17)15-10(18)19-11(3,4)5/h7-8H,6H2,1-5H3,(H,15,18)(H,16,17)/t8-/m0/s1. The lowest BCUT2D eigenvalue weighted by Gasteiger charge is -2.27. The molecule has 0 aliphatic carbocycles. The molecule has 0 bridgehead atoms. The summed E-state index contributed by atoms with van der Waals surface area (Å²) in [5.41, 5.74) is -0.842.